The van der Waals surface area contributed by atoms with E-state index in [0.29, 0.717) is 0 Å². The molecule has 3 nitrogen and oxygen atoms in total. The molecule has 0 N–H and O–H groups in total. The second-order valence-corrected chi connectivity index (χ2v) is 4.48. The van der Waals surface area contributed by atoms with Gasteiger partial charge in [0.15, 0.2) is 0 Å². The summed E-state index contributed by atoms with van der Waals surface area (Å²) < 4.78 is 0. The van der Waals surface area contributed by atoms with Crippen molar-refractivity contribution in [2.45, 2.75) is 26.2 Å². The number of hydrogen-bond donors (Lipinski definition) is 0. The fourth-order valence-corrected chi connectivity index (χ4v) is 2.02. The molecule has 1 aliphatic heterocycles. The molecule has 0 amide bonds. The molecule has 0 spiro atoms. The maximum atomic E-state index is 4.60. The molecule has 3 heteroatoms. The summed E-state index contributed by atoms with van der Waals surface area (Å²) in [5, 5.41) is 0. The monoisotopic (exact) mass is 217 g/mol. The van der Waals surface area contributed by atoms with Gasteiger partial charge in [-0.15, -0.1) is 0 Å². The normalized spacial score (nSPS) is 15.8. The van der Waals surface area contributed by atoms with Gasteiger partial charge in [-0.05, 0) is 38.3 Å². The first-order valence-electron chi connectivity index (χ1n) is 5.87. The van der Waals surface area contributed by atoms with E-state index in [1.165, 1.54) is 24.1 Å². The molecule has 86 valence electrons. The molecule has 1 aromatic heterocycles. The number of anilines is 1. The average molecular weight is 217 g/mol. The molecule has 0 atom stereocenters. The lowest BCUT2D eigenvalue weighted by Gasteiger charge is -2.16. The van der Waals surface area contributed by atoms with Crippen molar-refractivity contribution < 1.29 is 0 Å². The molecule has 0 radical (unpaired) electrons. The third kappa shape index (κ3) is 2.23. The first-order valence-corrected chi connectivity index (χ1v) is 5.87. The second kappa shape index (κ2) is 4.64. The zero-order valence-corrected chi connectivity index (χ0v) is 10.3. The van der Waals surface area contributed by atoms with E-state index in [1.54, 1.807) is 0 Å². The van der Waals surface area contributed by atoms with Crippen molar-refractivity contribution in [3.8, 4) is 0 Å². The number of nitrogens with zero attached hydrogens (tertiary/aromatic N) is 3. The van der Waals surface area contributed by atoms with Crippen LogP contribution in [0.3, 0.4) is 0 Å². The highest BCUT2D eigenvalue weighted by molar-refractivity contribution is 6.01. The fraction of sp³-hybridized carbons (Fsp3) is 0.538. The molecule has 0 saturated carbocycles. The SMILES string of the molecule is Cc1nc(N(C)C)ccc1C1=NCCCC1. The van der Waals surface area contributed by atoms with Crippen LogP contribution in [0.1, 0.15) is 30.5 Å². The number of aromatic nitrogens is 1. The average Bonchev–Trinajstić information content (AvgIpc) is 2.30. The lowest BCUT2D eigenvalue weighted by Crippen LogP contribution is -2.14. The smallest absolute Gasteiger partial charge is 0.128 e. The van der Waals surface area contributed by atoms with Crippen molar-refractivity contribution >= 4 is 11.5 Å². The highest BCUT2D eigenvalue weighted by Gasteiger charge is 2.11. The predicted octanol–water partition coefficient (Wildman–Crippen LogP) is 2.43. The van der Waals surface area contributed by atoms with Crippen LogP contribution in [-0.2, 0) is 0 Å². The van der Waals surface area contributed by atoms with Crippen molar-refractivity contribution in [2.75, 3.05) is 25.5 Å². The van der Waals surface area contributed by atoms with E-state index >= 15 is 0 Å². The minimum Gasteiger partial charge on any atom is -0.363 e. The maximum absolute atomic E-state index is 4.60. The van der Waals surface area contributed by atoms with Crippen LogP contribution < -0.4 is 4.90 Å². The van der Waals surface area contributed by atoms with Gasteiger partial charge in [0.05, 0.1) is 0 Å². The topological polar surface area (TPSA) is 28.5 Å². The summed E-state index contributed by atoms with van der Waals surface area (Å²) in [5.41, 5.74) is 3.55. The molecule has 2 heterocycles. The number of aryl methyl sites for hydroxylation is 1. The van der Waals surface area contributed by atoms with Crippen LogP contribution in [0.5, 0.6) is 0 Å². The molecule has 0 bridgehead atoms. The van der Waals surface area contributed by atoms with Gasteiger partial charge in [-0.25, -0.2) is 4.98 Å². The van der Waals surface area contributed by atoms with Gasteiger partial charge in [0.1, 0.15) is 5.82 Å². The standard InChI is InChI=1S/C13H19N3/c1-10-11(12-6-4-5-9-14-12)7-8-13(15-10)16(2)3/h7-8H,4-6,9H2,1-3H3. The zero-order valence-electron chi connectivity index (χ0n) is 10.3. The van der Waals surface area contributed by atoms with E-state index in [9.17, 15) is 0 Å². The van der Waals surface area contributed by atoms with Gasteiger partial charge in [-0.3, -0.25) is 4.99 Å². The summed E-state index contributed by atoms with van der Waals surface area (Å²) in [6, 6.07) is 4.22. The van der Waals surface area contributed by atoms with Crippen LogP contribution in [0, 0.1) is 6.92 Å². The third-order valence-electron chi connectivity index (χ3n) is 2.96. The van der Waals surface area contributed by atoms with E-state index in [2.05, 4.69) is 29.0 Å². The van der Waals surface area contributed by atoms with Crippen molar-refractivity contribution in [1.29, 1.82) is 0 Å². The van der Waals surface area contributed by atoms with E-state index < -0.39 is 0 Å². The van der Waals surface area contributed by atoms with E-state index in [4.69, 9.17) is 0 Å². The van der Waals surface area contributed by atoms with Crippen LogP contribution >= 0.6 is 0 Å². The van der Waals surface area contributed by atoms with Gasteiger partial charge in [0, 0.05) is 37.6 Å². The fourth-order valence-electron chi connectivity index (χ4n) is 2.02. The highest BCUT2D eigenvalue weighted by Crippen LogP contribution is 2.18. The lowest BCUT2D eigenvalue weighted by atomic mass is 10.0. The van der Waals surface area contributed by atoms with Crippen molar-refractivity contribution in [3.63, 3.8) is 0 Å². The van der Waals surface area contributed by atoms with Gasteiger partial charge in [-0.1, -0.05) is 0 Å². The first kappa shape index (κ1) is 11.1. The van der Waals surface area contributed by atoms with Crippen molar-refractivity contribution in [1.82, 2.24) is 4.98 Å². The summed E-state index contributed by atoms with van der Waals surface area (Å²) in [7, 11) is 4.03. The Balaban J connectivity index is 2.32. The van der Waals surface area contributed by atoms with Crippen LogP contribution in [0.15, 0.2) is 17.1 Å². The Morgan fingerprint density at radius 2 is 2.00 bits per heavy atom. The Morgan fingerprint density at radius 3 is 2.56 bits per heavy atom. The lowest BCUT2D eigenvalue weighted by molar-refractivity contribution is 0.738. The Kier molecular flexibility index (Phi) is 3.22. The van der Waals surface area contributed by atoms with Crippen LogP contribution in [0.25, 0.3) is 0 Å². The van der Waals surface area contributed by atoms with Gasteiger partial charge < -0.3 is 4.90 Å². The molecule has 0 saturated heterocycles. The van der Waals surface area contributed by atoms with E-state index in [-0.39, 0.29) is 0 Å². The minimum atomic E-state index is 0.976. The largest absolute Gasteiger partial charge is 0.363 e. The Bertz CT molecular complexity index is 408. The highest BCUT2D eigenvalue weighted by atomic mass is 15.1. The Morgan fingerprint density at radius 1 is 1.19 bits per heavy atom. The molecule has 0 aromatic carbocycles. The molecule has 0 fully saturated rings. The Hall–Kier alpha value is -1.38. The molecular formula is C13H19N3. The van der Waals surface area contributed by atoms with Gasteiger partial charge in [-0.2, -0.15) is 0 Å². The molecule has 16 heavy (non-hydrogen) atoms. The molecule has 1 aliphatic rings. The van der Waals surface area contributed by atoms with Crippen LogP contribution in [-0.4, -0.2) is 31.3 Å². The van der Waals surface area contributed by atoms with Gasteiger partial charge in [0.25, 0.3) is 0 Å². The molecule has 1 aromatic rings. The first-order chi connectivity index (χ1) is 7.68. The van der Waals surface area contributed by atoms with Crippen molar-refractivity contribution in [3.05, 3.63) is 23.4 Å². The summed E-state index contributed by atoms with van der Waals surface area (Å²) in [5.74, 6) is 1.01. The summed E-state index contributed by atoms with van der Waals surface area (Å²) >= 11 is 0. The minimum absolute atomic E-state index is 0.976. The van der Waals surface area contributed by atoms with Crippen LogP contribution in [0.4, 0.5) is 5.82 Å². The summed E-state index contributed by atoms with van der Waals surface area (Å²) in [4.78, 5) is 11.2. The van der Waals surface area contributed by atoms with E-state index in [1.807, 2.05) is 19.0 Å². The molecule has 2 rings (SSSR count). The van der Waals surface area contributed by atoms with E-state index in [0.717, 1.165) is 24.5 Å². The van der Waals surface area contributed by atoms with Gasteiger partial charge >= 0.3 is 0 Å². The Labute approximate surface area is 97.2 Å². The summed E-state index contributed by atoms with van der Waals surface area (Å²) in [6.45, 7) is 3.05. The van der Waals surface area contributed by atoms with Crippen LogP contribution in [0.2, 0.25) is 0 Å². The second-order valence-electron chi connectivity index (χ2n) is 4.48. The van der Waals surface area contributed by atoms with Gasteiger partial charge in [0.2, 0.25) is 0 Å². The molecular weight excluding hydrogens is 198 g/mol. The zero-order chi connectivity index (χ0) is 11.5. The molecule has 0 aliphatic carbocycles. The number of pyridine rings is 1. The number of aliphatic imine (C=N–C) groups is 1. The van der Waals surface area contributed by atoms with Crippen molar-refractivity contribution in [2.24, 2.45) is 4.99 Å². The maximum Gasteiger partial charge on any atom is 0.128 e. The number of rotatable bonds is 2. The third-order valence-corrected chi connectivity index (χ3v) is 2.96. The quantitative estimate of drug-likeness (QED) is 0.761. The number of hydrogen-bond acceptors (Lipinski definition) is 3. The predicted molar refractivity (Wildman–Crippen MR) is 68.6 cm³/mol. The molecule has 0 unspecified atom stereocenters. The summed E-state index contributed by atoms with van der Waals surface area (Å²) in [6.07, 6.45) is 3.59.